The summed E-state index contributed by atoms with van der Waals surface area (Å²) in [5, 5.41) is 11.2. The van der Waals surface area contributed by atoms with E-state index in [0.717, 1.165) is 22.4 Å². The van der Waals surface area contributed by atoms with Gasteiger partial charge in [-0.1, -0.05) is 32.0 Å². The quantitative estimate of drug-likeness (QED) is 0.441. The minimum atomic E-state index is -4.23. The van der Waals surface area contributed by atoms with E-state index in [1.54, 1.807) is 17.0 Å². The summed E-state index contributed by atoms with van der Waals surface area (Å²) in [6.45, 7) is 5.30. The van der Waals surface area contributed by atoms with Gasteiger partial charge in [0.2, 0.25) is 5.91 Å². The summed E-state index contributed by atoms with van der Waals surface area (Å²) in [5.41, 5.74) is 1.05. The van der Waals surface area contributed by atoms with Gasteiger partial charge in [0.05, 0.1) is 28.7 Å². The summed E-state index contributed by atoms with van der Waals surface area (Å²) in [7, 11) is -4.23. The minimum absolute atomic E-state index is 0.243. The molecule has 0 bridgehead atoms. The number of benzene rings is 2. The van der Waals surface area contributed by atoms with Gasteiger partial charge in [0.15, 0.2) is 0 Å². The number of hydrogen-bond acceptors (Lipinski definition) is 6. The first kappa shape index (κ1) is 23.7. The monoisotopic (exact) mass is 461 g/mol. The molecule has 10 heteroatoms. The maximum absolute atomic E-state index is 13.5. The molecule has 9 nitrogen and oxygen atoms in total. The van der Waals surface area contributed by atoms with Crippen LogP contribution >= 0.6 is 0 Å². The van der Waals surface area contributed by atoms with E-state index in [9.17, 15) is 23.3 Å². The van der Waals surface area contributed by atoms with E-state index in [0.29, 0.717) is 37.9 Å². The average Bonchev–Trinajstić information content (AvgIpc) is 2.82. The van der Waals surface area contributed by atoms with Crippen molar-refractivity contribution in [2.75, 3.05) is 37.2 Å². The van der Waals surface area contributed by atoms with Crippen molar-refractivity contribution in [1.29, 1.82) is 0 Å². The first-order valence-corrected chi connectivity index (χ1v) is 11.9. The van der Waals surface area contributed by atoms with E-state index in [4.69, 9.17) is 4.74 Å². The number of sulfonamides is 1. The van der Waals surface area contributed by atoms with Crippen molar-refractivity contribution < 1.29 is 22.9 Å². The van der Waals surface area contributed by atoms with Crippen molar-refractivity contribution in [1.82, 2.24) is 4.90 Å². The van der Waals surface area contributed by atoms with Crippen LogP contribution in [0.1, 0.15) is 31.7 Å². The SMILES string of the molecule is CC[C@H](C)c1ccc(N(CC(=O)N2CCOCC2)S(=O)(=O)c2cccc([N+](=O)[O-])c2)cc1. The number of rotatable bonds is 8. The number of nitro groups is 1. The number of carbonyl (C=O) groups is 1. The van der Waals surface area contributed by atoms with Crippen LogP contribution in [0.5, 0.6) is 0 Å². The van der Waals surface area contributed by atoms with Gasteiger partial charge in [0.25, 0.3) is 15.7 Å². The highest BCUT2D eigenvalue weighted by Gasteiger charge is 2.30. The Morgan fingerprint density at radius 3 is 2.44 bits per heavy atom. The standard InChI is InChI=1S/C22H27N3O6S/c1-3-17(2)18-7-9-19(10-8-18)24(16-22(26)23-11-13-31-14-12-23)32(29,30)21-6-4-5-20(15-21)25(27)28/h4-10,15,17H,3,11-14,16H2,1-2H3/t17-/m0/s1. The Balaban J connectivity index is 2.00. The molecule has 0 N–H and O–H groups in total. The Bertz CT molecular complexity index is 1070. The molecule has 3 rings (SSSR count). The smallest absolute Gasteiger partial charge is 0.270 e. The minimum Gasteiger partial charge on any atom is -0.378 e. The summed E-state index contributed by atoms with van der Waals surface area (Å²) >= 11 is 0. The third kappa shape index (κ3) is 5.25. The molecular weight excluding hydrogens is 434 g/mol. The fourth-order valence-electron chi connectivity index (χ4n) is 3.44. The number of non-ortho nitro benzene ring substituents is 1. The lowest BCUT2D eigenvalue weighted by Gasteiger charge is -2.30. The Hall–Kier alpha value is -2.98. The Morgan fingerprint density at radius 2 is 1.84 bits per heavy atom. The summed E-state index contributed by atoms with van der Waals surface area (Å²) in [6.07, 6.45) is 0.935. The summed E-state index contributed by atoms with van der Waals surface area (Å²) in [4.78, 5) is 24.7. The van der Waals surface area contributed by atoms with Crippen molar-refractivity contribution in [2.24, 2.45) is 0 Å². The van der Waals surface area contributed by atoms with Gasteiger partial charge in [-0.3, -0.25) is 19.2 Å². The topological polar surface area (TPSA) is 110 Å². The molecule has 2 aromatic rings. The zero-order valence-electron chi connectivity index (χ0n) is 18.1. The number of nitro benzene ring substituents is 1. The molecule has 1 atom stereocenters. The molecule has 1 fully saturated rings. The lowest BCUT2D eigenvalue weighted by molar-refractivity contribution is -0.385. The molecule has 0 aliphatic carbocycles. The molecule has 0 spiro atoms. The zero-order chi connectivity index (χ0) is 23.3. The number of nitrogens with zero attached hydrogens (tertiary/aromatic N) is 3. The molecular formula is C22H27N3O6S. The average molecular weight is 462 g/mol. The molecule has 0 unspecified atom stereocenters. The first-order chi connectivity index (χ1) is 15.2. The van der Waals surface area contributed by atoms with Crippen LogP contribution < -0.4 is 4.31 Å². The second-order valence-corrected chi connectivity index (χ2v) is 9.52. The molecule has 0 aromatic heterocycles. The van der Waals surface area contributed by atoms with Crippen LogP contribution in [-0.2, 0) is 19.6 Å². The van der Waals surface area contributed by atoms with E-state index < -0.39 is 21.5 Å². The van der Waals surface area contributed by atoms with Gasteiger partial charge in [0.1, 0.15) is 6.54 Å². The Labute approximate surface area is 187 Å². The third-order valence-electron chi connectivity index (χ3n) is 5.62. The highest BCUT2D eigenvalue weighted by atomic mass is 32.2. The highest BCUT2D eigenvalue weighted by molar-refractivity contribution is 7.92. The van der Waals surface area contributed by atoms with Crippen molar-refractivity contribution in [2.45, 2.75) is 31.1 Å². The predicted octanol–water partition coefficient (Wildman–Crippen LogP) is 3.16. The fourth-order valence-corrected chi connectivity index (χ4v) is 4.89. The first-order valence-electron chi connectivity index (χ1n) is 10.5. The second kappa shape index (κ2) is 10.1. The molecule has 1 amide bonds. The predicted molar refractivity (Wildman–Crippen MR) is 120 cm³/mol. The Kier molecular flexibility index (Phi) is 7.47. The number of carbonyl (C=O) groups excluding carboxylic acids is 1. The lowest BCUT2D eigenvalue weighted by atomic mass is 9.99. The second-order valence-electron chi connectivity index (χ2n) is 7.66. The summed E-state index contributed by atoms with van der Waals surface area (Å²) < 4.78 is 33.3. The van der Waals surface area contributed by atoms with E-state index in [2.05, 4.69) is 13.8 Å². The zero-order valence-corrected chi connectivity index (χ0v) is 19.0. The van der Waals surface area contributed by atoms with Gasteiger partial charge < -0.3 is 9.64 Å². The van der Waals surface area contributed by atoms with Gasteiger partial charge in [-0.05, 0) is 36.1 Å². The lowest BCUT2D eigenvalue weighted by Crippen LogP contribution is -2.47. The molecule has 172 valence electrons. The molecule has 0 saturated carbocycles. The van der Waals surface area contributed by atoms with E-state index in [1.807, 2.05) is 12.1 Å². The van der Waals surface area contributed by atoms with E-state index in [1.165, 1.54) is 18.2 Å². The highest BCUT2D eigenvalue weighted by Crippen LogP contribution is 2.28. The van der Waals surface area contributed by atoms with Crippen molar-refractivity contribution in [3.63, 3.8) is 0 Å². The van der Waals surface area contributed by atoms with Crippen molar-refractivity contribution in [3.05, 3.63) is 64.2 Å². The Morgan fingerprint density at radius 1 is 1.19 bits per heavy atom. The van der Waals surface area contributed by atoms with Crippen LogP contribution in [0.15, 0.2) is 53.4 Å². The fraction of sp³-hybridized carbons (Fsp3) is 0.409. The van der Waals surface area contributed by atoms with Gasteiger partial charge in [-0.25, -0.2) is 8.42 Å². The third-order valence-corrected chi connectivity index (χ3v) is 7.39. The van der Waals surface area contributed by atoms with Crippen molar-refractivity contribution >= 4 is 27.3 Å². The molecule has 1 aliphatic heterocycles. The number of amides is 1. The number of anilines is 1. The normalized spacial score (nSPS) is 15.2. The van der Waals surface area contributed by atoms with Crippen LogP contribution in [0.4, 0.5) is 11.4 Å². The van der Waals surface area contributed by atoms with Crippen molar-refractivity contribution in [3.8, 4) is 0 Å². The summed E-state index contributed by atoms with van der Waals surface area (Å²) in [6, 6.07) is 11.9. The van der Waals surface area contributed by atoms with Gasteiger partial charge >= 0.3 is 0 Å². The van der Waals surface area contributed by atoms with Gasteiger partial charge in [-0.2, -0.15) is 0 Å². The van der Waals surface area contributed by atoms with E-state index in [-0.39, 0.29) is 16.5 Å². The van der Waals surface area contributed by atoms with E-state index >= 15 is 0 Å². The maximum Gasteiger partial charge on any atom is 0.270 e. The van der Waals surface area contributed by atoms with Gasteiger partial charge in [-0.15, -0.1) is 0 Å². The molecule has 1 heterocycles. The molecule has 1 aliphatic rings. The number of ether oxygens (including phenoxy) is 1. The molecule has 1 saturated heterocycles. The molecule has 0 radical (unpaired) electrons. The van der Waals surface area contributed by atoms with Gasteiger partial charge in [0, 0.05) is 25.2 Å². The molecule has 32 heavy (non-hydrogen) atoms. The van der Waals surface area contributed by atoms with Crippen LogP contribution in [0, 0.1) is 10.1 Å². The largest absolute Gasteiger partial charge is 0.378 e. The van der Waals surface area contributed by atoms with Crippen LogP contribution in [0.3, 0.4) is 0 Å². The number of hydrogen-bond donors (Lipinski definition) is 0. The van der Waals surface area contributed by atoms with Crippen LogP contribution in [-0.4, -0.2) is 57.0 Å². The van der Waals surface area contributed by atoms with Crippen LogP contribution in [0.25, 0.3) is 0 Å². The summed E-state index contributed by atoms with van der Waals surface area (Å²) in [5.74, 6) is -0.0471. The van der Waals surface area contributed by atoms with Crippen LogP contribution in [0.2, 0.25) is 0 Å². The molecule has 2 aromatic carbocycles. The number of morpholine rings is 1. The maximum atomic E-state index is 13.5.